The van der Waals surface area contributed by atoms with Gasteiger partial charge in [-0.1, -0.05) is 42.3 Å². The normalized spacial score (nSPS) is 12.9. The first-order valence-corrected chi connectivity index (χ1v) is 14.8. The molecule has 1 amide bonds. The fraction of sp³-hybridized carbons (Fsp3) is 0.412. The summed E-state index contributed by atoms with van der Waals surface area (Å²) in [5, 5.41) is 0.693. The van der Waals surface area contributed by atoms with E-state index < -0.39 is 11.6 Å². The number of carbonyl (C=O) groups excluding carboxylic acids is 3. The maximum atomic E-state index is 12.1. The zero-order chi connectivity index (χ0) is 31.8. The molecule has 0 unspecified atom stereocenters. The van der Waals surface area contributed by atoms with Gasteiger partial charge in [-0.05, 0) is 107 Å². The number of hydrogen-bond donors (Lipinski definition) is 1. The quantitative estimate of drug-likeness (QED) is 0.173. The number of benzene rings is 2. The van der Waals surface area contributed by atoms with Crippen LogP contribution in [0.15, 0.2) is 67.0 Å². The van der Waals surface area contributed by atoms with Gasteiger partial charge in [-0.15, -0.1) is 0 Å². The number of amides is 1. The van der Waals surface area contributed by atoms with E-state index in [1.165, 1.54) is 16.9 Å². The summed E-state index contributed by atoms with van der Waals surface area (Å²) in [7, 11) is 0. The van der Waals surface area contributed by atoms with E-state index in [1.807, 2.05) is 65.1 Å². The van der Waals surface area contributed by atoms with Crippen molar-refractivity contribution in [1.29, 1.82) is 0 Å². The molecule has 1 aliphatic carbocycles. The Hall–Kier alpha value is -3.91. The molecule has 43 heavy (non-hydrogen) atoms. The Bertz CT molecular complexity index is 1290. The summed E-state index contributed by atoms with van der Waals surface area (Å²) in [4.78, 5) is 40.7. The number of halogens is 1. The molecule has 1 saturated carbocycles. The third kappa shape index (κ3) is 14.7. The van der Waals surface area contributed by atoms with Gasteiger partial charge in [0.2, 0.25) is 6.41 Å². The summed E-state index contributed by atoms with van der Waals surface area (Å²) in [5.41, 5.74) is 9.28. The molecule has 1 aromatic heterocycles. The predicted octanol–water partition coefficient (Wildman–Crippen LogP) is 7.10. The number of esters is 2. The second-order valence-electron chi connectivity index (χ2n) is 11.5. The van der Waals surface area contributed by atoms with E-state index in [-0.39, 0.29) is 25.2 Å². The lowest BCUT2D eigenvalue weighted by molar-refractivity contribution is -0.153. The Labute approximate surface area is 260 Å². The molecule has 0 spiro atoms. The van der Waals surface area contributed by atoms with Gasteiger partial charge in [-0.3, -0.25) is 14.6 Å². The number of aromatic nitrogens is 1. The third-order valence-corrected chi connectivity index (χ3v) is 6.59. The van der Waals surface area contributed by atoms with E-state index in [1.54, 1.807) is 36.5 Å². The minimum absolute atomic E-state index is 0.0205. The van der Waals surface area contributed by atoms with Gasteiger partial charge in [0, 0.05) is 29.6 Å². The molecule has 2 N–H and O–H groups in total. The highest BCUT2D eigenvalue weighted by atomic mass is 35.5. The second-order valence-corrected chi connectivity index (χ2v) is 11.9. The zero-order valence-electron chi connectivity index (χ0n) is 25.8. The lowest BCUT2D eigenvalue weighted by Gasteiger charge is -2.23. The standard InChI is InChI=1S/C21H29NO5.C7H8ClN.C6H7N/c1-21(2,3)27-20(25)17-11-9-16(10-12-17)13-22(15-23)14-19(24)26-18-7-5-4-6-8-18;1-5-2-3-6(8)4-7(5)9;1-6-3-2-4-7-5-6/h9-12,15,18H,4-8,13-14H2,1-3H3;2-4H,9H2,1H3;2-5H,1H3. The zero-order valence-corrected chi connectivity index (χ0v) is 26.6. The van der Waals surface area contributed by atoms with Crippen LogP contribution < -0.4 is 5.73 Å². The molecule has 1 heterocycles. The number of nitrogens with two attached hydrogens (primary N) is 1. The molecular weight excluding hydrogens is 566 g/mol. The molecule has 0 saturated heterocycles. The molecule has 232 valence electrons. The molecule has 1 fully saturated rings. The lowest BCUT2D eigenvalue weighted by atomic mass is 9.98. The molecular formula is C34H44ClN3O5. The van der Waals surface area contributed by atoms with E-state index in [0.717, 1.165) is 42.5 Å². The van der Waals surface area contributed by atoms with Gasteiger partial charge in [-0.2, -0.15) is 0 Å². The number of rotatable bonds is 7. The van der Waals surface area contributed by atoms with Gasteiger partial charge in [0.1, 0.15) is 18.2 Å². The Balaban J connectivity index is 0.000000324. The van der Waals surface area contributed by atoms with Crippen LogP contribution in [0.1, 0.15) is 79.9 Å². The highest BCUT2D eigenvalue weighted by Crippen LogP contribution is 2.20. The number of hydrogen-bond acceptors (Lipinski definition) is 7. The first kappa shape index (κ1) is 35.3. The smallest absolute Gasteiger partial charge is 0.338 e. The molecule has 2 aromatic carbocycles. The summed E-state index contributed by atoms with van der Waals surface area (Å²) < 4.78 is 10.8. The first-order valence-electron chi connectivity index (χ1n) is 14.5. The molecule has 8 nitrogen and oxygen atoms in total. The molecule has 0 aliphatic heterocycles. The van der Waals surface area contributed by atoms with Crippen LogP contribution >= 0.6 is 11.6 Å². The van der Waals surface area contributed by atoms with E-state index in [4.69, 9.17) is 26.8 Å². The number of aryl methyl sites for hydroxylation is 2. The summed E-state index contributed by atoms with van der Waals surface area (Å²) in [6, 6.07) is 16.2. The fourth-order valence-electron chi connectivity index (χ4n) is 4.08. The summed E-state index contributed by atoms with van der Waals surface area (Å²) >= 11 is 5.64. The van der Waals surface area contributed by atoms with Crippen LogP contribution in [0.25, 0.3) is 0 Å². The minimum Gasteiger partial charge on any atom is -0.461 e. The maximum absolute atomic E-state index is 12.1. The maximum Gasteiger partial charge on any atom is 0.338 e. The molecule has 3 aromatic rings. The minimum atomic E-state index is -0.553. The van der Waals surface area contributed by atoms with Gasteiger partial charge in [0.25, 0.3) is 0 Å². The van der Waals surface area contributed by atoms with Crippen molar-refractivity contribution in [3.05, 3.63) is 94.3 Å². The van der Waals surface area contributed by atoms with Gasteiger partial charge in [-0.25, -0.2) is 4.79 Å². The van der Waals surface area contributed by atoms with Crippen LogP contribution in [0.3, 0.4) is 0 Å². The highest BCUT2D eigenvalue weighted by Gasteiger charge is 2.20. The largest absolute Gasteiger partial charge is 0.461 e. The molecule has 0 radical (unpaired) electrons. The topological polar surface area (TPSA) is 112 Å². The monoisotopic (exact) mass is 609 g/mol. The van der Waals surface area contributed by atoms with Crippen molar-refractivity contribution < 1.29 is 23.9 Å². The van der Waals surface area contributed by atoms with Crippen molar-refractivity contribution in [2.45, 2.75) is 85.0 Å². The van der Waals surface area contributed by atoms with Gasteiger partial charge in [0.05, 0.1) is 5.56 Å². The van der Waals surface area contributed by atoms with Crippen LogP contribution in [0.2, 0.25) is 5.02 Å². The Morgan fingerprint density at radius 3 is 2.21 bits per heavy atom. The van der Waals surface area contributed by atoms with Gasteiger partial charge < -0.3 is 20.1 Å². The van der Waals surface area contributed by atoms with Crippen LogP contribution in [-0.2, 0) is 25.6 Å². The second kappa shape index (κ2) is 17.9. The van der Waals surface area contributed by atoms with E-state index in [0.29, 0.717) is 17.0 Å². The summed E-state index contributed by atoms with van der Waals surface area (Å²) in [5.74, 6) is -0.767. The van der Waals surface area contributed by atoms with Crippen molar-refractivity contribution in [3.8, 4) is 0 Å². The number of nitrogens with zero attached hydrogens (tertiary/aromatic N) is 2. The number of carbonyl (C=O) groups is 3. The number of ether oxygens (including phenoxy) is 2. The fourth-order valence-corrected chi connectivity index (χ4v) is 4.26. The predicted molar refractivity (Wildman–Crippen MR) is 171 cm³/mol. The van der Waals surface area contributed by atoms with Crippen molar-refractivity contribution in [2.75, 3.05) is 12.3 Å². The number of nitrogen functional groups attached to an aromatic ring is 1. The van der Waals surface area contributed by atoms with E-state index in [2.05, 4.69) is 4.98 Å². The van der Waals surface area contributed by atoms with Crippen LogP contribution in [0.5, 0.6) is 0 Å². The molecule has 9 heteroatoms. The van der Waals surface area contributed by atoms with Crippen LogP contribution in [-0.4, -0.2) is 46.5 Å². The van der Waals surface area contributed by atoms with Gasteiger partial charge >= 0.3 is 11.9 Å². The van der Waals surface area contributed by atoms with Crippen LogP contribution in [0, 0.1) is 13.8 Å². The van der Waals surface area contributed by atoms with Crippen molar-refractivity contribution in [3.63, 3.8) is 0 Å². The molecule has 0 bridgehead atoms. The number of anilines is 1. The Kier molecular flexibility index (Phi) is 14.7. The molecule has 4 rings (SSSR count). The average molecular weight is 610 g/mol. The van der Waals surface area contributed by atoms with Crippen LogP contribution in [0.4, 0.5) is 5.69 Å². The summed E-state index contributed by atoms with van der Waals surface area (Å²) in [6.45, 7) is 9.61. The van der Waals surface area contributed by atoms with Crippen molar-refractivity contribution >= 4 is 35.6 Å². The van der Waals surface area contributed by atoms with Crippen molar-refractivity contribution in [1.82, 2.24) is 9.88 Å². The molecule has 0 atom stereocenters. The van der Waals surface area contributed by atoms with E-state index >= 15 is 0 Å². The van der Waals surface area contributed by atoms with Gasteiger partial charge in [0.15, 0.2) is 0 Å². The van der Waals surface area contributed by atoms with Crippen molar-refractivity contribution in [2.24, 2.45) is 0 Å². The Morgan fingerprint density at radius 2 is 1.72 bits per heavy atom. The number of pyridine rings is 1. The Morgan fingerprint density at radius 1 is 1.05 bits per heavy atom. The average Bonchev–Trinajstić information content (AvgIpc) is 2.96. The summed E-state index contributed by atoms with van der Waals surface area (Å²) in [6.07, 6.45) is 9.38. The highest BCUT2D eigenvalue weighted by molar-refractivity contribution is 6.30. The third-order valence-electron chi connectivity index (χ3n) is 6.36. The first-order chi connectivity index (χ1) is 20.4. The van der Waals surface area contributed by atoms with E-state index in [9.17, 15) is 14.4 Å². The SMILES string of the molecule is CC(C)(C)OC(=O)c1ccc(CN(C=O)CC(=O)OC2CCCCC2)cc1.Cc1ccc(Cl)cc1N.Cc1cccnc1. The molecule has 1 aliphatic rings. The lowest BCUT2D eigenvalue weighted by Crippen LogP contribution is -2.32.